The molecule has 2 rings (SSSR count). The maximum Gasteiger partial charge on any atom is 0.437 e. The van der Waals surface area contributed by atoms with Crippen LogP contribution in [0.3, 0.4) is 0 Å². The van der Waals surface area contributed by atoms with Crippen molar-refractivity contribution in [3.8, 4) is 11.5 Å². The number of hydrogen-bond donors (Lipinski definition) is 0. The Bertz CT molecular complexity index is 1080. The van der Waals surface area contributed by atoms with Crippen molar-refractivity contribution in [2.75, 3.05) is 19.0 Å². The molecular formula is C23H25F6NO5S. The van der Waals surface area contributed by atoms with Crippen molar-refractivity contribution < 1.29 is 48.5 Å². The maximum absolute atomic E-state index is 13.4. The summed E-state index contributed by atoms with van der Waals surface area (Å²) in [5.41, 5.74) is -1.79. The van der Waals surface area contributed by atoms with Crippen molar-refractivity contribution in [3.63, 3.8) is 0 Å². The highest BCUT2D eigenvalue weighted by atomic mass is 32.2. The summed E-state index contributed by atoms with van der Waals surface area (Å²) in [6.45, 7) is 2.08. The van der Waals surface area contributed by atoms with Gasteiger partial charge in [-0.2, -0.15) is 34.8 Å². The first-order chi connectivity index (χ1) is 16.8. The molecule has 0 spiro atoms. The van der Waals surface area contributed by atoms with Crippen LogP contribution in [0.5, 0.6) is 11.5 Å². The van der Waals surface area contributed by atoms with Crippen molar-refractivity contribution in [1.29, 1.82) is 0 Å². The van der Waals surface area contributed by atoms with Gasteiger partial charge in [-0.15, -0.1) is 0 Å². The van der Waals surface area contributed by atoms with E-state index in [0.29, 0.717) is 18.6 Å². The first-order valence-electron chi connectivity index (χ1n) is 10.9. The molecule has 0 fully saturated rings. The molecule has 0 aliphatic carbocycles. The van der Waals surface area contributed by atoms with Crippen LogP contribution < -0.4 is 9.47 Å². The molecule has 0 N–H and O–H groups in total. The Balaban J connectivity index is 1.86. The molecule has 0 aliphatic heterocycles. The van der Waals surface area contributed by atoms with Crippen molar-refractivity contribution in [3.05, 3.63) is 59.7 Å². The SMILES string of the molecule is CCCCS(=O)(=O)ON=C(c1ccc(OCCCOc2ccc(CC(F)(F)F)cc2)cc1)C(F)(F)F. The van der Waals surface area contributed by atoms with Crippen LogP contribution in [0.4, 0.5) is 26.3 Å². The van der Waals surface area contributed by atoms with Crippen LogP contribution in [0, 0.1) is 0 Å². The minimum atomic E-state index is -4.95. The lowest BCUT2D eigenvalue weighted by atomic mass is 10.1. The number of oxime groups is 1. The highest BCUT2D eigenvalue weighted by Gasteiger charge is 2.38. The van der Waals surface area contributed by atoms with E-state index in [1.54, 1.807) is 6.92 Å². The first-order valence-corrected chi connectivity index (χ1v) is 12.4. The zero-order valence-electron chi connectivity index (χ0n) is 19.2. The number of halogens is 6. The molecule has 0 amide bonds. The third-order valence-electron chi connectivity index (χ3n) is 4.54. The van der Waals surface area contributed by atoms with Gasteiger partial charge in [-0.3, -0.25) is 4.28 Å². The van der Waals surface area contributed by atoms with Crippen molar-refractivity contribution >= 4 is 15.8 Å². The minimum Gasteiger partial charge on any atom is -0.493 e. The van der Waals surface area contributed by atoms with Crippen molar-refractivity contribution in [2.24, 2.45) is 5.16 Å². The Morgan fingerprint density at radius 3 is 1.83 bits per heavy atom. The number of unbranched alkanes of at least 4 members (excludes halogenated alkanes) is 1. The van der Waals surface area contributed by atoms with Crippen LogP contribution >= 0.6 is 0 Å². The Morgan fingerprint density at radius 1 is 0.833 bits per heavy atom. The molecule has 6 nitrogen and oxygen atoms in total. The largest absolute Gasteiger partial charge is 0.493 e. The zero-order chi connectivity index (χ0) is 26.8. The topological polar surface area (TPSA) is 74.2 Å². The predicted molar refractivity (Wildman–Crippen MR) is 121 cm³/mol. The van der Waals surface area contributed by atoms with Gasteiger partial charge in [0.2, 0.25) is 0 Å². The van der Waals surface area contributed by atoms with E-state index in [2.05, 4.69) is 9.44 Å². The molecular weight excluding hydrogens is 516 g/mol. The summed E-state index contributed by atoms with van der Waals surface area (Å²) in [5, 5.41) is 2.85. The molecule has 0 saturated heterocycles. The van der Waals surface area contributed by atoms with Crippen molar-refractivity contribution in [1.82, 2.24) is 0 Å². The van der Waals surface area contributed by atoms with Gasteiger partial charge in [-0.25, -0.2) is 0 Å². The zero-order valence-corrected chi connectivity index (χ0v) is 20.0. The summed E-state index contributed by atoms with van der Waals surface area (Å²) in [7, 11) is -4.23. The standard InChI is InChI=1S/C23H25F6NO5S/c1-2-3-15-36(31,32)35-30-21(23(27,28)29)18-7-11-20(12-8-18)34-14-4-13-33-19-9-5-17(6-10-19)16-22(24,25)26/h5-12H,2-4,13-16H2,1H3. The fourth-order valence-electron chi connectivity index (χ4n) is 2.80. The van der Waals surface area contributed by atoms with Crippen LogP contribution in [0.1, 0.15) is 37.3 Å². The van der Waals surface area contributed by atoms with E-state index >= 15 is 0 Å². The molecule has 0 bridgehead atoms. The maximum atomic E-state index is 13.4. The Morgan fingerprint density at radius 2 is 1.36 bits per heavy atom. The highest BCUT2D eigenvalue weighted by Crippen LogP contribution is 2.25. The molecule has 36 heavy (non-hydrogen) atoms. The number of ether oxygens (including phenoxy) is 2. The number of rotatable bonds is 13. The number of alkyl halides is 6. The number of hydrogen-bond acceptors (Lipinski definition) is 6. The molecule has 13 heteroatoms. The molecule has 2 aromatic carbocycles. The summed E-state index contributed by atoms with van der Waals surface area (Å²) in [6.07, 6.45) is -9.13. The highest BCUT2D eigenvalue weighted by molar-refractivity contribution is 7.86. The van der Waals surface area contributed by atoms with Gasteiger partial charge in [0.1, 0.15) is 11.5 Å². The van der Waals surface area contributed by atoms with E-state index < -0.39 is 45.9 Å². The molecule has 0 radical (unpaired) electrons. The van der Waals surface area contributed by atoms with E-state index in [9.17, 15) is 34.8 Å². The molecule has 0 aliphatic rings. The summed E-state index contributed by atoms with van der Waals surface area (Å²) >= 11 is 0. The van der Waals surface area contributed by atoms with Gasteiger partial charge in [-0.1, -0.05) is 30.6 Å². The average Bonchev–Trinajstić information content (AvgIpc) is 2.78. The van der Waals surface area contributed by atoms with E-state index in [1.165, 1.54) is 36.4 Å². The van der Waals surface area contributed by atoms with E-state index in [1.807, 2.05) is 0 Å². The second-order valence-electron chi connectivity index (χ2n) is 7.64. The lowest BCUT2D eigenvalue weighted by Gasteiger charge is -2.12. The molecule has 200 valence electrons. The Labute approximate surface area is 205 Å². The average molecular weight is 542 g/mol. The Hall–Kier alpha value is -2.96. The molecule has 0 atom stereocenters. The molecule has 0 saturated carbocycles. The van der Waals surface area contributed by atoms with Gasteiger partial charge >= 0.3 is 22.5 Å². The molecule has 2 aromatic rings. The third kappa shape index (κ3) is 10.8. The third-order valence-corrected chi connectivity index (χ3v) is 5.63. The summed E-state index contributed by atoms with van der Waals surface area (Å²) in [6, 6.07) is 10.2. The van der Waals surface area contributed by atoms with Gasteiger partial charge in [0.05, 0.1) is 25.4 Å². The fraction of sp³-hybridized carbons (Fsp3) is 0.435. The van der Waals surface area contributed by atoms with Gasteiger partial charge in [0.15, 0.2) is 5.71 Å². The van der Waals surface area contributed by atoms with Crippen LogP contribution in [0.25, 0.3) is 0 Å². The minimum absolute atomic E-state index is 0.116. The lowest BCUT2D eigenvalue weighted by Crippen LogP contribution is -2.25. The smallest absolute Gasteiger partial charge is 0.437 e. The fourth-order valence-corrected chi connectivity index (χ4v) is 3.71. The second-order valence-corrected chi connectivity index (χ2v) is 9.31. The lowest BCUT2D eigenvalue weighted by molar-refractivity contribution is -0.127. The van der Waals surface area contributed by atoms with Gasteiger partial charge in [-0.05, 0) is 48.4 Å². The van der Waals surface area contributed by atoms with E-state index in [4.69, 9.17) is 9.47 Å². The summed E-state index contributed by atoms with van der Waals surface area (Å²) < 4.78 is 116. The van der Waals surface area contributed by atoms with Crippen molar-refractivity contribution in [2.45, 2.75) is 45.0 Å². The quantitative estimate of drug-likeness (QED) is 0.134. The number of benzene rings is 2. The predicted octanol–water partition coefficient (Wildman–Crippen LogP) is 6.05. The monoisotopic (exact) mass is 541 g/mol. The Kier molecular flexibility index (Phi) is 10.4. The van der Waals surface area contributed by atoms with E-state index in [0.717, 1.165) is 12.1 Å². The van der Waals surface area contributed by atoms with Gasteiger partial charge in [0.25, 0.3) is 0 Å². The van der Waals surface area contributed by atoms with Crippen LogP contribution in [0.2, 0.25) is 0 Å². The normalized spacial score (nSPS) is 12.9. The van der Waals surface area contributed by atoms with E-state index in [-0.39, 0.29) is 30.9 Å². The second kappa shape index (κ2) is 12.8. The summed E-state index contributed by atoms with van der Waals surface area (Å²) in [5.74, 6) is 0.203. The molecule has 0 unspecified atom stereocenters. The van der Waals surface area contributed by atoms with Gasteiger partial charge in [0, 0.05) is 12.0 Å². The van der Waals surface area contributed by atoms with Crippen LogP contribution in [-0.4, -0.2) is 45.4 Å². The van der Waals surface area contributed by atoms with Crippen LogP contribution in [-0.2, 0) is 20.8 Å². The summed E-state index contributed by atoms with van der Waals surface area (Å²) in [4.78, 5) is 0. The van der Waals surface area contributed by atoms with Crippen LogP contribution in [0.15, 0.2) is 53.7 Å². The first kappa shape index (κ1) is 29.3. The number of nitrogens with zero attached hydrogens (tertiary/aromatic N) is 1. The van der Waals surface area contributed by atoms with Gasteiger partial charge < -0.3 is 9.47 Å². The molecule has 0 heterocycles. The molecule has 0 aromatic heterocycles.